The highest BCUT2D eigenvalue weighted by Gasteiger charge is 2.17. The van der Waals surface area contributed by atoms with E-state index in [0.29, 0.717) is 12.4 Å². The molecule has 4 rings (SSSR count). The number of benzene rings is 2. The molecule has 0 bridgehead atoms. The van der Waals surface area contributed by atoms with Crippen LogP contribution in [0.25, 0.3) is 17.1 Å². The number of methoxy groups -OCH3 is 1. The Morgan fingerprint density at radius 1 is 1.07 bits per heavy atom. The molecule has 2 aromatic heterocycles. The van der Waals surface area contributed by atoms with Gasteiger partial charge in [-0.05, 0) is 69.9 Å². The van der Waals surface area contributed by atoms with E-state index in [2.05, 4.69) is 56.4 Å². The van der Waals surface area contributed by atoms with Crippen LogP contribution in [-0.4, -0.2) is 37.1 Å². The minimum atomic E-state index is 0.525. The van der Waals surface area contributed by atoms with Gasteiger partial charge in [-0.25, -0.2) is 4.68 Å². The summed E-state index contributed by atoms with van der Waals surface area (Å²) in [4.78, 5) is 1.57. The quantitative estimate of drug-likeness (QED) is 0.471. The summed E-state index contributed by atoms with van der Waals surface area (Å²) in [5, 5.41) is 17.4. The fourth-order valence-corrected chi connectivity index (χ4v) is 3.49. The third-order valence-corrected chi connectivity index (χ3v) is 5.45. The normalized spacial score (nSPS) is 11.0. The molecule has 0 unspecified atom stereocenters. The summed E-state index contributed by atoms with van der Waals surface area (Å²) in [6.45, 7) is 4.70. The van der Waals surface area contributed by atoms with E-state index in [9.17, 15) is 0 Å². The van der Waals surface area contributed by atoms with E-state index in [0.717, 1.165) is 27.2 Å². The molecule has 0 aliphatic carbocycles. The maximum atomic E-state index is 5.18. The van der Waals surface area contributed by atoms with Crippen LogP contribution in [0.2, 0.25) is 0 Å². The molecule has 0 N–H and O–H groups in total. The SMILES string of the molecule is COc1ccc(Cn2nnc(-c3cnn(-c4cccc(C)c4C)c3Br)n2)cc1. The largest absolute Gasteiger partial charge is 0.497 e. The Morgan fingerprint density at radius 3 is 2.61 bits per heavy atom. The average Bonchev–Trinajstić information content (AvgIpc) is 3.31. The minimum absolute atomic E-state index is 0.525. The smallest absolute Gasteiger partial charge is 0.209 e. The third-order valence-electron chi connectivity index (χ3n) is 4.69. The molecule has 0 aliphatic rings. The van der Waals surface area contributed by atoms with E-state index in [1.165, 1.54) is 11.1 Å². The minimum Gasteiger partial charge on any atom is -0.497 e. The van der Waals surface area contributed by atoms with Crippen molar-refractivity contribution in [3.8, 4) is 22.8 Å². The molecule has 8 heteroatoms. The molecule has 0 saturated heterocycles. The fraction of sp³-hybridized carbons (Fsp3) is 0.200. The summed E-state index contributed by atoms with van der Waals surface area (Å²) >= 11 is 3.64. The van der Waals surface area contributed by atoms with E-state index >= 15 is 0 Å². The Hall–Kier alpha value is -3.00. The van der Waals surface area contributed by atoms with Crippen LogP contribution >= 0.6 is 15.9 Å². The van der Waals surface area contributed by atoms with Crippen molar-refractivity contribution in [2.75, 3.05) is 7.11 Å². The Bertz CT molecular complexity index is 1120. The van der Waals surface area contributed by atoms with Crippen molar-refractivity contribution in [1.29, 1.82) is 0 Å². The maximum Gasteiger partial charge on any atom is 0.209 e. The van der Waals surface area contributed by atoms with Crippen molar-refractivity contribution in [1.82, 2.24) is 30.0 Å². The summed E-state index contributed by atoms with van der Waals surface area (Å²) in [5.41, 5.74) is 5.26. The van der Waals surface area contributed by atoms with Crippen molar-refractivity contribution in [2.45, 2.75) is 20.4 Å². The molecule has 0 saturated carbocycles. The van der Waals surface area contributed by atoms with Crippen molar-refractivity contribution < 1.29 is 4.74 Å². The van der Waals surface area contributed by atoms with Crippen molar-refractivity contribution in [2.24, 2.45) is 0 Å². The topological polar surface area (TPSA) is 70.7 Å². The molecule has 4 aromatic rings. The zero-order chi connectivity index (χ0) is 19.7. The lowest BCUT2D eigenvalue weighted by molar-refractivity contribution is 0.414. The van der Waals surface area contributed by atoms with Crippen LogP contribution in [0.5, 0.6) is 5.75 Å². The second-order valence-corrected chi connectivity index (χ2v) is 7.22. The van der Waals surface area contributed by atoms with Gasteiger partial charge in [0.1, 0.15) is 10.4 Å². The second-order valence-electron chi connectivity index (χ2n) is 6.47. The lowest BCUT2D eigenvalue weighted by atomic mass is 10.1. The van der Waals surface area contributed by atoms with E-state index in [1.54, 1.807) is 18.1 Å². The number of nitrogens with zero attached hydrogens (tertiary/aromatic N) is 6. The van der Waals surface area contributed by atoms with E-state index in [4.69, 9.17) is 4.74 Å². The highest BCUT2D eigenvalue weighted by atomic mass is 79.9. The van der Waals surface area contributed by atoms with E-state index in [-0.39, 0.29) is 0 Å². The Labute approximate surface area is 171 Å². The number of halogens is 1. The molecule has 0 fully saturated rings. The Morgan fingerprint density at radius 2 is 1.86 bits per heavy atom. The van der Waals surface area contributed by atoms with Gasteiger partial charge in [0.15, 0.2) is 0 Å². The molecule has 7 nitrogen and oxygen atoms in total. The molecule has 0 amide bonds. The summed E-state index contributed by atoms with van der Waals surface area (Å²) in [7, 11) is 1.65. The van der Waals surface area contributed by atoms with Gasteiger partial charge >= 0.3 is 0 Å². The standard InChI is InChI=1S/C20H19BrN6O/c1-13-5-4-6-18(14(13)2)27-19(21)17(11-22-27)20-23-25-26(24-20)12-15-7-9-16(28-3)10-8-15/h4-11H,12H2,1-3H3. The van der Waals surface area contributed by atoms with Crippen LogP contribution in [0, 0.1) is 13.8 Å². The zero-order valence-corrected chi connectivity index (χ0v) is 17.4. The van der Waals surface area contributed by atoms with Gasteiger partial charge in [-0.15, -0.1) is 10.2 Å². The van der Waals surface area contributed by atoms with Gasteiger partial charge in [-0.3, -0.25) is 0 Å². The summed E-state index contributed by atoms with van der Waals surface area (Å²) in [6.07, 6.45) is 1.75. The first-order valence-electron chi connectivity index (χ1n) is 8.78. The van der Waals surface area contributed by atoms with Gasteiger partial charge in [0.2, 0.25) is 5.82 Å². The highest BCUT2D eigenvalue weighted by molar-refractivity contribution is 9.10. The van der Waals surface area contributed by atoms with E-state index in [1.807, 2.05) is 41.1 Å². The summed E-state index contributed by atoms with van der Waals surface area (Å²) in [5.74, 6) is 1.34. The van der Waals surface area contributed by atoms with Gasteiger partial charge in [0.25, 0.3) is 0 Å². The van der Waals surface area contributed by atoms with Gasteiger partial charge in [0, 0.05) is 0 Å². The van der Waals surface area contributed by atoms with Gasteiger partial charge < -0.3 is 4.74 Å². The molecule has 2 heterocycles. The molecular weight excluding hydrogens is 420 g/mol. The van der Waals surface area contributed by atoms with Crippen molar-refractivity contribution in [3.05, 3.63) is 70.0 Å². The molecule has 0 aliphatic heterocycles. The van der Waals surface area contributed by atoms with Crippen LogP contribution in [0.3, 0.4) is 0 Å². The maximum absolute atomic E-state index is 5.18. The Kier molecular flexibility index (Phi) is 4.95. The molecule has 0 radical (unpaired) electrons. The zero-order valence-electron chi connectivity index (χ0n) is 15.8. The molecule has 2 aromatic carbocycles. The summed E-state index contributed by atoms with van der Waals surface area (Å²) in [6, 6.07) is 13.9. The average molecular weight is 439 g/mol. The van der Waals surface area contributed by atoms with Crippen LogP contribution in [0.4, 0.5) is 0 Å². The van der Waals surface area contributed by atoms with Crippen LogP contribution < -0.4 is 4.74 Å². The molecule has 0 atom stereocenters. The molecular formula is C20H19BrN6O. The van der Waals surface area contributed by atoms with Crippen molar-refractivity contribution in [3.63, 3.8) is 0 Å². The van der Waals surface area contributed by atoms with Gasteiger partial charge in [-0.1, -0.05) is 24.3 Å². The third kappa shape index (κ3) is 3.43. The van der Waals surface area contributed by atoms with Gasteiger partial charge in [0.05, 0.1) is 31.1 Å². The number of hydrogen-bond acceptors (Lipinski definition) is 5. The number of tetrazole rings is 1. The monoisotopic (exact) mass is 438 g/mol. The summed E-state index contributed by atoms with van der Waals surface area (Å²) < 4.78 is 7.83. The van der Waals surface area contributed by atoms with Crippen LogP contribution in [0.1, 0.15) is 16.7 Å². The predicted molar refractivity (Wildman–Crippen MR) is 110 cm³/mol. The fourth-order valence-electron chi connectivity index (χ4n) is 2.93. The number of rotatable bonds is 5. The molecule has 28 heavy (non-hydrogen) atoms. The van der Waals surface area contributed by atoms with Crippen LogP contribution in [0.15, 0.2) is 53.3 Å². The molecule has 0 spiro atoms. The molecule has 142 valence electrons. The first kappa shape index (κ1) is 18.4. The first-order valence-corrected chi connectivity index (χ1v) is 9.57. The van der Waals surface area contributed by atoms with Gasteiger partial charge in [-0.2, -0.15) is 9.90 Å². The van der Waals surface area contributed by atoms with Crippen LogP contribution in [-0.2, 0) is 6.54 Å². The Balaban J connectivity index is 1.60. The predicted octanol–water partition coefficient (Wildman–Crippen LogP) is 3.96. The van der Waals surface area contributed by atoms with Crippen molar-refractivity contribution >= 4 is 15.9 Å². The number of ether oxygens (including phenoxy) is 1. The number of aromatic nitrogens is 6. The lowest BCUT2D eigenvalue weighted by Gasteiger charge is -2.09. The highest BCUT2D eigenvalue weighted by Crippen LogP contribution is 2.29. The number of hydrogen-bond donors (Lipinski definition) is 0. The second kappa shape index (κ2) is 7.55. The van der Waals surface area contributed by atoms with E-state index < -0.39 is 0 Å². The number of aryl methyl sites for hydroxylation is 1. The lowest BCUT2D eigenvalue weighted by Crippen LogP contribution is -2.04. The first-order chi connectivity index (χ1) is 13.6.